The summed E-state index contributed by atoms with van der Waals surface area (Å²) in [5.41, 5.74) is -0.211. The highest BCUT2D eigenvalue weighted by Gasteiger charge is 2.36. The molecule has 2 heterocycles. The van der Waals surface area contributed by atoms with Crippen LogP contribution in [0.4, 0.5) is 4.79 Å². The Morgan fingerprint density at radius 2 is 1.97 bits per heavy atom. The normalized spacial score (nSPS) is 23.7. The van der Waals surface area contributed by atoms with E-state index in [1.54, 1.807) is 18.2 Å². The first-order chi connectivity index (χ1) is 13.8. The van der Waals surface area contributed by atoms with Gasteiger partial charge in [0.1, 0.15) is 5.56 Å². The van der Waals surface area contributed by atoms with Crippen LogP contribution in [0.3, 0.4) is 0 Å². The SMILES string of the molecule is Cc1cc(-n2c(O)c(C=NC3CCC4NC(=O)NC4C3)c(=O)[nH]c2=O)ccc1Br. The maximum atomic E-state index is 12.3. The van der Waals surface area contributed by atoms with Gasteiger partial charge in [0, 0.05) is 10.7 Å². The van der Waals surface area contributed by atoms with Crippen LogP contribution >= 0.6 is 15.9 Å². The van der Waals surface area contributed by atoms with Crippen LogP contribution in [0.25, 0.3) is 5.69 Å². The lowest BCUT2D eigenvalue weighted by molar-refractivity contribution is 0.247. The Kier molecular flexibility index (Phi) is 5.03. The number of aromatic amines is 1. The van der Waals surface area contributed by atoms with Gasteiger partial charge in [0.15, 0.2) is 0 Å². The van der Waals surface area contributed by atoms with E-state index < -0.39 is 17.1 Å². The standard InChI is InChI=1S/C19H20BrN5O4/c1-9-6-11(3-4-13(9)20)25-17(27)12(16(26)24-19(25)29)8-21-10-2-5-14-15(7-10)23-18(28)22-14/h3-4,6,8,10,14-15,27H,2,5,7H2,1H3,(H2,22,23,28)(H,24,26,29). The van der Waals surface area contributed by atoms with Crippen molar-refractivity contribution >= 4 is 28.2 Å². The molecule has 2 aromatic rings. The molecule has 10 heteroatoms. The zero-order valence-electron chi connectivity index (χ0n) is 15.6. The van der Waals surface area contributed by atoms with Crippen LogP contribution in [-0.2, 0) is 0 Å². The first-order valence-corrected chi connectivity index (χ1v) is 10.1. The summed E-state index contributed by atoms with van der Waals surface area (Å²) in [7, 11) is 0. The van der Waals surface area contributed by atoms with Crippen LogP contribution in [0.1, 0.15) is 30.4 Å². The number of hydrogen-bond acceptors (Lipinski definition) is 5. The van der Waals surface area contributed by atoms with Gasteiger partial charge in [-0.25, -0.2) is 14.2 Å². The molecule has 3 unspecified atom stereocenters. The number of aromatic nitrogens is 2. The smallest absolute Gasteiger partial charge is 0.335 e. The topological polar surface area (TPSA) is 129 Å². The molecular formula is C19H20BrN5O4. The molecule has 0 spiro atoms. The number of H-pyrrole nitrogens is 1. The first kappa shape index (κ1) is 19.4. The Hall–Kier alpha value is -2.88. The van der Waals surface area contributed by atoms with Gasteiger partial charge < -0.3 is 15.7 Å². The van der Waals surface area contributed by atoms with E-state index >= 15 is 0 Å². The summed E-state index contributed by atoms with van der Waals surface area (Å²) in [5, 5.41) is 16.4. The first-order valence-electron chi connectivity index (χ1n) is 9.28. The summed E-state index contributed by atoms with van der Waals surface area (Å²) in [5.74, 6) is -0.464. The second-order valence-corrected chi connectivity index (χ2v) is 8.20. The third kappa shape index (κ3) is 3.71. The predicted octanol–water partition coefficient (Wildman–Crippen LogP) is 1.32. The van der Waals surface area contributed by atoms with Gasteiger partial charge in [-0.1, -0.05) is 15.9 Å². The van der Waals surface area contributed by atoms with E-state index in [0.717, 1.165) is 27.4 Å². The van der Waals surface area contributed by atoms with Crippen molar-refractivity contribution in [1.29, 1.82) is 0 Å². The van der Waals surface area contributed by atoms with Gasteiger partial charge in [-0.3, -0.25) is 14.8 Å². The number of aryl methyl sites for hydroxylation is 1. The highest BCUT2D eigenvalue weighted by Crippen LogP contribution is 2.25. The second kappa shape index (κ2) is 7.51. The molecule has 29 heavy (non-hydrogen) atoms. The summed E-state index contributed by atoms with van der Waals surface area (Å²) in [6.45, 7) is 1.86. The number of benzene rings is 1. The van der Waals surface area contributed by atoms with Gasteiger partial charge in [-0.05, 0) is 49.9 Å². The van der Waals surface area contributed by atoms with Crippen molar-refractivity contribution in [2.45, 2.75) is 44.3 Å². The van der Waals surface area contributed by atoms with E-state index in [1.165, 1.54) is 6.21 Å². The highest BCUT2D eigenvalue weighted by atomic mass is 79.9. The van der Waals surface area contributed by atoms with Gasteiger partial charge in [-0.15, -0.1) is 0 Å². The molecule has 0 bridgehead atoms. The molecule has 3 atom stereocenters. The molecule has 1 aromatic heterocycles. The van der Waals surface area contributed by atoms with E-state index in [9.17, 15) is 19.5 Å². The van der Waals surface area contributed by atoms with Gasteiger partial charge in [0.25, 0.3) is 5.56 Å². The molecule has 0 radical (unpaired) electrons. The highest BCUT2D eigenvalue weighted by molar-refractivity contribution is 9.10. The summed E-state index contributed by atoms with van der Waals surface area (Å²) in [6.07, 6.45) is 3.49. The van der Waals surface area contributed by atoms with Crippen LogP contribution in [0, 0.1) is 6.92 Å². The fraction of sp³-hybridized carbons (Fsp3) is 0.368. The zero-order valence-corrected chi connectivity index (χ0v) is 17.2. The minimum absolute atomic E-state index is 0.00461. The van der Waals surface area contributed by atoms with Crippen molar-refractivity contribution in [3.63, 3.8) is 0 Å². The molecule has 152 valence electrons. The molecule has 1 aliphatic carbocycles. The maximum Gasteiger partial charge on any atom is 0.335 e. The summed E-state index contributed by atoms with van der Waals surface area (Å²) < 4.78 is 1.91. The summed E-state index contributed by atoms with van der Waals surface area (Å²) in [4.78, 5) is 42.7. The minimum atomic E-state index is -0.730. The van der Waals surface area contributed by atoms with Crippen molar-refractivity contribution in [3.8, 4) is 11.6 Å². The fourth-order valence-corrected chi connectivity index (χ4v) is 4.08. The number of rotatable bonds is 3. The Morgan fingerprint density at radius 3 is 2.72 bits per heavy atom. The van der Waals surface area contributed by atoms with Gasteiger partial charge in [-0.2, -0.15) is 0 Å². The number of carbonyl (C=O) groups is 1. The number of aromatic hydroxyl groups is 1. The lowest BCUT2D eigenvalue weighted by Gasteiger charge is -2.28. The van der Waals surface area contributed by atoms with Gasteiger partial charge >= 0.3 is 11.7 Å². The Balaban J connectivity index is 1.65. The number of nitrogens with one attached hydrogen (secondary N) is 3. The molecule has 4 N–H and O–H groups in total. The zero-order chi connectivity index (χ0) is 20.7. The number of fused-ring (bicyclic) bond motifs is 1. The number of amides is 2. The van der Waals surface area contributed by atoms with Crippen LogP contribution in [0.2, 0.25) is 0 Å². The Labute approximate surface area is 174 Å². The van der Waals surface area contributed by atoms with Crippen molar-refractivity contribution in [2.24, 2.45) is 4.99 Å². The lowest BCUT2D eigenvalue weighted by atomic mass is 9.88. The van der Waals surface area contributed by atoms with Crippen LogP contribution in [-0.4, -0.2) is 45.0 Å². The number of carbonyl (C=O) groups excluding carboxylic acids is 1. The van der Waals surface area contributed by atoms with Crippen LogP contribution in [0.5, 0.6) is 5.88 Å². The molecule has 2 aliphatic rings. The quantitative estimate of drug-likeness (QED) is 0.513. The molecule has 9 nitrogen and oxygen atoms in total. The molecule has 1 aromatic carbocycles. The molecule has 2 fully saturated rings. The second-order valence-electron chi connectivity index (χ2n) is 7.34. The van der Waals surface area contributed by atoms with E-state index in [4.69, 9.17) is 0 Å². The summed E-state index contributed by atoms with van der Waals surface area (Å²) in [6, 6.07) is 4.99. The molecule has 1 saturated heterocycles. The predicted molar refractivity (Wildman–Crippen MR) is 111 cm³/mol. The molecule has 1 saturated carbocycles. The maximum absolute atomic E-state index is 12.3. The average Bonchev–Trinajstić information content (AvgIpc) is 3.03. The average molecular weight is 462 g/mol. The Bertz CT molecular complexity index is 1120. The minimum Gasteiger partial charge on any atom is -0.493 e. The molecular weight excluding hydrogens is 442 g/mol. The van der Waals surface area contributed by atoms with Gasteiger partial charge in [0.05, 0.1) is 23.8 Å². The van der Waals surface area contributed by atoms with Gasteiger partial charge in [0.2, 0.25) is 5.88 Å². The van der Waals surface area contributed by atoms with Crippen molar-refractivity contribution < 1.29 is 9.90 Å². The molecule has 4 rings (SSSR count). The van der Waals surface area contributed by atoms with Crippen LogP contribution < -0.4 is 21.9 Å². The van der Waals surface area contributed by atoms with Crippen molar-refractivity contribution in [1.82, 2.24) is 20.2 Å². The van der Waals surface area contributed by atoms with E-state index in [0.29, 0.717) is 12.1 Å². The number of urea groups is 1. The third-order valence-corrected chi connectivity index (χ3v) is 6.28. The lowest BCUT2D eigenvalue weighted by Crippen LogP contribution is -2.41. The van der Waals surface area contributed by atoms with E-state index in [2.05, 4.69) is 36.5 Å². The fourth-order valence-electron chi connectivity index (χ4n) is 3.84. The monoisotopic (exact) mass is 461 g/mol. The number of halogens is 1. The van der Waals surface area contributed by atoms with E-state index in [1.807, 2.05) is 6.92 Å². The van der Waals surface area contributed by atoms with E-state index in [-0.39, 0.29) is 29.7 Å². The largest absolute Gasteiger partial charge is 0.493 e. The number of hydrogen-bond donors (Lipinski definition) is 4. The number of nitrogens with zero attached hydrogens (tertiary/aromatic N) is 2. The molecule has 2 amide bonds. The van der Waals surface area contributed by atoms with Crippen molar-refractivity contribution in [3.05, 3.63) is 54.6 Å². The summed E-state index contributed by atoms with van der Waals surface area (Å²) >= 11 is 3.40. The van der Waals surface area contributed by atoms with Crippen molar-refractivity contribution in [2.75, 3.05) is 0 Å². The number of aliphatic imine (C=N–C) groups is 1. The Morgan fingerprint density at radius 1 is 1.21 bits per heavy atom. The van der Waals surface area contributed by atoms with Crippen LogP contribution in [0.15, 0.2) is 37.3 Å². The third-order valence-electron chi connectivity index (χ3n) is 5.39. The molecule has 1 aliphatic heterocycles.